The van der Waals surface area contributed by atoms with Crippen LogP contribution < -0.4 is 5.32 Å². The minimum Gasteiger partial charge on any atom is -0.378 e. The average Bonchev–Trinajstić information content (AvgIpc) is 2.77. The van der Waals surface area contributed by atoms with Gasteiger partial charge < -0.3 is 19.9 Å². The van der Waals surface area contributed by atoms with Crippen molar-refractivity contribution in [1.29, 1.82) is 0 Å². The number of carbonyl (C=O) groups is 3. The van der Waals surface area contributed by atoms with E-state index in [1.165, 1.54) is 29.2 Å². The van der Waals surface area contributed by atoms with Crippen molar-refractivity contribution in [1.82, 2.24) is 19.6 Å². The molecule has 3 amide bonds. The third-order valence-electron chi connectivity index (χ3n) is 5.48. The molecule has 0 atom stereocenters. The van der Waals surface area contributed by atoms with Crippen LogP contribution in [0.5, 0.6) is 0 Å². The van der Waals surface area contributed by atoms with E-state index in [-0.39, 0.29) is 36.6 Å². The first-order valence-electron chi connectivity index (χ1n) is 10.5. The van der Waals surface area contributed by atoms with Crippen LogP contribution in [0.4, 0.5) is 10.1 Å². The van der Waals surface area contributed by atoms with Crippen molar-refractivity contribution in [2.75, 3.05) is 84.5 Å². The monoisotopic (exact) mass is 435 g/mol. The number of benzene rings is 1. The van der Waals surface area contributed by atoms with Gasteiger partial charge in [-0.2, -0.15) is 0 Å². The second-order valence-electron chi connectivity index (χ2n) is 7.85. The molecule has 2 heterocycles. The van der Waals surface area contributed by atoms with Crippen LogP contribution >= 0.6 is 0 Å². The molecule has 0 radical (unpaired) electrons. The molecule has 1 N–H and O–H groups in total. The van der Waals surface area contributed by atoms with Gasteiger partial charge in [0.1, 0.15) is 5.82 Å². The van der Waals surface area contributed by atoms with Gasteiger partial charge in [0, 0.05) is 52.0 Å². The quantitative estimate of drug-likeness (QED) is 0.633. The molecule has 10 heteroatoms. The van der Waals surface area contributed by atoms with Crippen LogP contribution in [-0.2, 0) is 19.1 Å². The lowest BCUT2D eigenvalue weighted by molar-refractivity contribution is -0.138. The zero-order valence-corrected chi connectivity index (χ0v) is 17.9. The SMILES string of the molecule is CN(CC(=O)Nc1ccc(F)cc1)C(=O)CN1CCN(CC(=O)N2CCOCC2)CC1. The van der Waals surface area contributed by atoms with Gasteiger partial charge in [0.25, 0.3) is 0 Å². The summed E-state index contributed by atoms with van der Waals surface area (Å²) in [7, 11) is 1.59. The summed E-state index contributed by atoms with van der Waals surface area (Å²) < 4.78 is 18.2. The highest BCUT2D eigenvalue weighted by molar-refractivity contribution is 5.94. The van der Waals surface area contributed by atoms with E-state index in [0.29, 0.717) is 51.6 Å². The Bertz CT molecular complexity index is 762. The maximum atomic E-state index is 12.9. The van der Waals surface area contributed by atoms with Gasteiger partial charge in [-0.3, -0.25) is 24.2 Å². The number of rotatable bonds is 7. The number of piperazine rings is 1. The molecule has 2 aliphatic heterocycles. The van der Waals surface area contributed by atoms with E-state index in [1.807, 2.05) is 9.80 Å². The number of hydrogen-bond acceptors (Lipinski definition) is 6. The molecule has 0 spiro atoms. The van der Waals surface area contributed by atoms with E-state index in [1.54, 1.807) is 7.05 Å². The molecular formula is C21H30FN5O4. The fraction of sp³-hybridized carbons (Fsp3) is 0.571. The van der Waals surface area contributed by atoms with Crippen LogP contribution in [0, 0.1) is 5.82 Å². The highest BCUT2D eigenvalue weighted by atomic mass is 19.1. The molecule has 1 aromatic rings. The molecule has 0 saturated carbocycles. The topological polar surface area (TPSA) is 85.4 Å². The smallest absolute Gasteiger partial charge is 0.243 e. The van der Waals surface area contributed by atoms with Gasteiger partial charge >= 0.3 is 0 Å². The molecule has 9 nitrogen and oxygen atoms in total. The van der Waals surface area contributed by atoms with Crippen LogP contribution in [0.2, 0.25) is 0 Å². The molecule has 2 fully saturated rings. The lowest BCUT2D eigenvalue weighted by Gasteiger charge is -2.36. The third-order valence-corrected chi connectivity index (χ3v) is 5.48. The van der Waals surface area contributed by atoms with Crippen molar-refractivity contribution in [2.45, 2.75) is 0 Å². The molecule has 3 rings (SSSR count). The molecule has 0 aliphatic carbocycles. The minimum absolute atomic E-state index is 0.0791. The van der Waals surface area contributed by atoms with Gasteiger partial charge in [-0.1, -0.05) is 0 Å². The normalized spacial score (nSPS) is 17.9. The number of nitrogens with one attached hydrogen (secondary N) is 1. The number of halogens is 1. The minimum atomic E-state index is -0.379. The number of morpholine rings is 1. The van der Waals surface area contributed by atoms with E-state index < -0.39 is 0 Å². The first kappa shape index (κ1) is 23.1. The van der Waals surface area contributed by atoms with Gasteiger partial charge in [-0.25, -0.2) is 4.39 Å². The van der Waals surface area contributed by atoms with Crippen LogP contribution in [0.1, 0.15) is 0 Å². The Morgan fingerprint density at radius 3 is 2.16 bits per heavy atom. The molecule has 0 aromatic heterocycles. The summed E-state index contributed by atoms with van der Waals surface area (Å²) in [6, 6.07) is 5.47. The maximum Gasteiger partial charge on any atom is 0.243 e. The number of nitrogens with zero attached hydrogens (tertiary/aromatic N) is 4. The number of amides is 3. The Morgan fingerprint density at radius 1 is 0.968 bits per heavy atom. The summed E-state index contributed by atoms with van der Waals surface area (Å²) in [5.41, 5.74) is 0.481. The third kappa shape index (κ3) is 7.27. The standard InChI is InChI=1S/C21H30FN5O4/c1-24(14-19(28)23-18-4-2-17(22)3-5-18)20(29)15-25-6-8-26(9-7-25)16-21(30)27-10-12-31-13-11-27/h2-5H,6-16H2,1H3,(H,23,28). The summed E-state index contributed by atoms with van der Waals surface area (Å²) in [6.45, 7) is 5.85. The van der Waals surface area contributed by atoms with E-state index in [4.69, 9.17) is 4.74 Å². The zero-order valence-electron chi connectivity index (χ0n) is 17.9. The molecule has 31 heavy (non-hydrogen) atoms. The van der Waals surface area contributed by atoms with Crippen LogP contribution in [0.15, 0.2) is 24.3 Å². The molecule has 170 valence electrons. The predicted octanol–water partition coefficient (Wildman–Crippen LogP) is -0.301. The lowest BCUT2D eigenvalue weighted by Crippen LogP contribution is -2.53. The van der Waals surface area contributed by atoms with Crippen molar-refractivity contribution >= 4 is 23.4 Å². The van der Waals surface area contributed by atoms with Gasteiger partial charge in [0.2, 0.25) is 17.7 Å². The number of likely N-dealkylation sites (N-methyl/N-ethyl adjacent to an activating group) is 1. The van der Waals surface area contributed by atoms with Crippen molar-refractivity contribution < 1.29 is 23.5 Å². The lowest BCUT2D eigenvalue weighted by atomic mass is 10.3. The molecule has 2 saturated heterocycles. The molecule has 1 aromatic carbocycles. The van der Waals surface area contributed by atoms with E-state index in [9.17, 15) is 18.8 Å². The Labute approximate surface area is 181 Å². The molecule has 0 unspecified atom stereocenters. The maximum absolute atomic E-state index is 12.9. The first-order valence-corrected chi connectivity index (χ1v) is 10.5. The second-order valence-corrected chi connectivity index (χ2v) is 7.85. The highest BCUT2D eigenvalue weighted by Gasteiger charge is 2.24. The summed E-state index contributed by atoms with van der Waals surface area (Å²) in [6.07, 6.45) is 0. The molecule has 2 aliphatic rings. The number of anilines is 1. The largest absolute Gasteiger partial charge is 0.378 e. The Balaban J connectivity index is 1.35. The first-order chi connectivity index (χ1) is 14.9. The van der Waals surface area contributed by atoms with Crippen LogP contribution in [0.25, 0.3) is 0 Å². The molecule has 0 bridgehead atoms. The van der Waals surface area contributed by atoms with Crippen molar-refractivity contribution in [3.8, 4) is 0 Å². The summed E-state index contributed by atoms with van der Waals surface area (Å²) in [4.78, 5) is 44.3. The van der Waals surface area contributed by atoms with Crippen LogP contribution in [-0.4, -0.2) is 116 Å². The highest BCUT2D eigenvalue weighted by Crippen LogP contribution is 2.08. The van der Waals surface area contributed by atoms with Gasteiger partial charge in [0.15, 0.2) is 0 Å². The van der Waals surface area contributed by atoms with Crippen LogP contribution in [0.3, 0.4) is 0 Å². The summed E-state index contributed by atoms with van der Waals surface area (Å²) >= 11 is 0. The van der Waals surface area contributed by atoms with Gasteiger partial charge in [0.05, 0.1) is 32.8 Å². The second kappa shape index (κ2) is 11.2. The fourth-order valence-corrected chi connectivity index (χ4v) is 3.56. The Kier molecular flexibility index (Phi) is 8.33. The van der Waals surface area contributed by atoms with Gasteiger partial charge in [-0.05, 0) is 24.3 Å². The predicted molar refractivity (Wildman–Crippen MR) is 113 cm³/mol. The number of hydrogen-bond donors (Lipinski definition) is 1. The van der Waals surface area contributed by atoms with E-state index in [0.717, 1.165) is 13.1 Å². The van der Waals surface area contributed by atoms with Crippen molar-refractivity contribution in [3.05, 3.63) is 30.1 Å². The zero-order chi connectivity index (χ0) is 22.2. The van der Waals surface area contributed by atoms with Gasteiger partial charge in [-0.15, -0.1) is 0 Å². The Morgan fingerprint density at radius 2 is 1.55 bits per heavy atom. The number of carbonyl (C=O) groups excluding carboxylic acids is 3. The number of ether oxygens (including phenoxy) is 1. The Hall–Kier alpha value is -2.56. The van der Waals surface area contributed by atoms with E-state index >= 15 is 0 Å². The molecular weight excluding hydrogens is 405 g/mol. The van der Waals surface area contributed by atoms with E-state index in [2.05, 4.69) is 10.2 Å². The van der Waals surface area contributed by atoms with Crippen molar-refractivity contribution in [2.24, 2.45) is 0 Å². The average molecular weight is 436 g/mol. The van der Waals surface area contributed by atoms with Crippen molar-refractivity contribution in [3.63, 3.8) is 0 Å². The summed E-state index contributed by atoms with van der Waals surface area (Å²) in [5.74, 6) is -0.739. The summed E-state index contributed by atoms with van der Waals surface area (Å²) in [5, 5.41) is 2.65. The fourth-order valence-electron chi connectivity index (χ4n) is 3.56.